The van der Waals surface area contributed by atoms with Crippen molar-refractivity contribution < 1.29 is 0 Å². The van der Waals surface area contributed by atoms with E-state index in [1.54, 1.807) is 0 Å². The molecule has 9 heteroatoms. The monoisotopic (exact) mass is 1080 g/mol. The number of anilines is 9. The van der Waals surface area contributed by atoms with Crippen LogP contribution in [0.5, 0.6) is 0 Å². The lowest BCUT2D eigenvalue weighted by Crippen LogP contribution is -2.18. The maximum absolute atomic E-state index is 5.74. The number of para-hydroxylation sites is 9. The Balaban J connectivity index is 0.992. The predicted molar refractivity (Wildman–Crippen MR) is 347 cm³/mol. The Hall–Kier alpha value is -11.6. The summed E-state index contributed by atoms with van der Waals surface area (Å²) >= 11 is 0. The summed E-state index contributed by atoms with van der Waals surface area (Å²) in [5.74, 6) is 1.37. The van der Waals surface area contributed by atoms with Crippen LogP contribution in [-0.4, -0.2) is 28.7 Å². The molecule has 12 aromatic carbocycles. The lowest BCUT2D eigenvalue weighted by Gasteiger charge is -2.26. The third kappa shape index (κ3) is 8.13. The molecule has 0 unspecified atom stereocenters. The van der Waals surface area contributed by atoms with E-state index in [1.165, 1.54) is 0 Å². The fourth-order valence-electron chi connectivity index (χ4n) is 12.4. The van der Waals surface area contributed by atoms with Crippen molar-refractivity contribution >= 4 is 117 Å². The summed E-state index contributed by atoms with van der Waals surface area (Å²) in [5.41, 5.74) is 15.1. The van der Waals surface area contributed by atoms with Gasteiger partial charge in [-0.3, -0.25) is 14.0 Å². The maximum Gasteiger partial charge on any atom is 0.241 e. The van der Waals surface area contributed by atoms with Gasteiger partial charge in [0.05, 0.1) is 33.1 Å². The lowest BCUT2D eigenvalue weighted by molar-refractivity contribution is 0.878. The summed E-state index contributed by atoms with van der Waals surface area (Å²) in [6, 6.07) is 109. The van der Waals surface area contributed by atoms with Crippen molar-refractivity contribution in [2.75, 3.05) is 14.7 Å². The van der Waals surface area contributed by atoms with Gasteiger partial charge in [-0.05, 0) is 133 Å². The summed E-state index contributed by atoms with van der Waals surface area (Å²) in [6.45, 7) is 0. The Labute approximate surface area is 484 Å². The van der Waals surface area contributed by atoms with Gasteiger partial charge >= 0.3 is 0 Å². The standard InChI is InChI=1S/C75H51N9/c1-7-25-52(26-8-1)79(53-27-9-2-10-28-53)59-43-46-64-61-37-19-23-41-68(61)83(71(64)50-59)74-76-73(81(56-33-15-5-16-34-56)58-45-48-70-66(49-58)63-39-21-22-40-67(63)82(70)57-35-17-6-18-36-57)77-75(78-74)84-69-42-24-20-38-62(69)65-47-44-60(51-72(65)84)80(54-29-11-3-12-30-54)55-31-13-4-14-32-55/h1-51H. The molecule has 0 N–H and O–H groups in total. The molecule has 0 aliphatic carbocycles. The lowest BCUT2D eigenvalue weighted by atomic mass is 10.1. The normalized spacial score (nSPS) is 11.6. The van der Waals surface area contributed by atoms with Gasteiger partial charge in [0.15, 0.2) is 0 Å². The molecule has 0 amide bonds. The van der Waals surface area contributed by atoms with Crippen LogP contribution in [0.1, 0.15) is 0 Å². The molecule has 0 radical (unpaired) electrons. The summed E-state index contributed by atoms with van der Waals surface area (Å²) in [5, 5.41) is 6.56. The van der Waals surface area contributed by atoms with Gasteiger partial charge in [0, 0.05) is 83.5 Å². The highest BCUT2D eigenvalue weighted by molar-refractivity contribution is 6.13. The summed E-state index contributed by atoms with van der Waals surface area (Å²) in [7, 11) is 0. The van der Waals surface area contributed by atoms with E-state index in [0.29, 0.717) is 17.8 Å². The minimum atomic E-state index is 0.446. The van der Waals surface area contributed by atoms with E-state index in [9.17, 15) is 0 Å². The van der Waals surface area contributed by atoms with Crippen molar-refractivity contribution in [3.05, 3.63) is 309 Å². The minimum absolute atomic E-state index is 0.446. The molecule has 4 heterocycles. The highest BCUT2D eigenvalue weighted by atomic mass is 15.4. The second-order valence-corrected chi connectivity index (χ2v) is 20.9. The van der Waals surface area contributed by atoms with E-state index in [0.717, 1.165) is 117 Å². The highest BCUT2D eigenvalue weighted by Gasteiger charge is 2.27. The molecule has 0 spiro atoms. The Kier molecular flexibility index (Phi) is 11.6. The van der Waals surface area contributed by atoms with Crippen LogP contribution in [0, 0.1) is 0 Å². The fourth-order valence-corrected chi connectivity index (χ4v) is 12.4. The van der Waals surface area contributed by atoms with Gasteiger partial charge in [-0.15, -0.1) is 0 Å². The van der Waals surface area contributed by atoms with E-state index in [4.69, 9.17) is 15.0 Å². The molecule has 4 aromatic heterocycles. The van der Waals surface area contributed by atoms with Crippen LogP contribution >= 0.6 is 0 Å². The third-order valence-electron chi connectivity index (χ3n) is 16.0. The van der Waals surface area contributed by atoms with Crippen molar-refractivity contribution in [2.24, 2.45) is 0 Å². The third-order valence-corrected chi connectivity index (χ3v) is 16.0. The first-order chi connectivity index (χ1) is 41.7. The molecule has 0 fully saturated rings. The molecule has 16 rings (SSSR count). The predicted octanol–water partition coefficient (Wildman–Crippen LogP) is 19.6. The van der Waals surface area contributed by atoms with Crippen molar-refractivity contribution in [1.82, 2.24) is 28.7 Å². The number of fused-ring (bicyclic) bond motifs is 9. The number of benzene rings is 12. The summed E-state index contributed by atoms with van der Waals surface area (Å²) in [6.07, 6.45) is 0. The average molecular weight is 1080 g/mol. The van der Waals surface area contributed by atoms with Crippen LogP contribution in [0.2, 0.25) is 0 Å². The molecular formula is C75H51N9. The van der Waals surface area contributed by atoms with Gasteiger partial charge in [-0.2, -0.15) is 15.0 Å². The Bertz CT molecular complexity index is 4780. The average Bonchev–Trinajstić information content (AvgIpc) is 4.38. The number of hydrogen-bond acceptors (Lipinski definition) is 6. The highest BCUT2D eigenvalue weighted by Crippen LogP contribution is 2.44. The van der Waals surface area contributed by atoms with Gasteiger partial charge < -0.3 is 14.4 Å². The molecule has 84 heavy (non-hydrogen) atoms. The van der Waals surface area contributed by atoms with Gasteiger partial charge in [0.1, 0.15) is 0 Å². The summed E-state index contributed by atoms with van der Waals surface area (Å²) in [4.78, 5) is 24.0. The van der Waals surface area contributed by atoms with Crippen LogP contribution in [0.3, 0.4) is 0 Å². The smallest absolute Gasteiger partial charge is 0.241 e. The van der Waals surface area contributed by atoms with Crippen molar-refractivity contribution in [1.29, 1.82) is 0 Å². The van der Waals surface area contributed by atoms with E-state index >= 15 is 0 Å². The molecular weight excluding hydrogens is 1030 g/mol. The first-order valence-corrected chi connectivity index (χ1v) is 28.3. The quantitative estimate of drug-likeness (QED) is 0.121. The number of nitrogens with zero attached hydrogens (tertiary/aromatic N) is 9. The summed E-state index contributed by atoms with van der Waals surface area (Å²) < 4.78 is 6.80. The first-order valence-electron chi connectivity index (χ1n) is 28.3. The van der Waals surface area contributed by atoms with Gasteiger partial charge in [-0.1, -0.05) is 176 Å². The van der Waals surface area contributed by atoms with Crippen LogP contribution in [-0.2, 0) is 0 Å². The second kappa shape index (κ2) is 20.2. The van der Waals surface area contributed by atoms with Crippen LogP contribution in [0.4, 0.5) is 51.4 Å². The van der Waals surface area contributed by atoms with Crippen LogP contribution in [0.25, 0.3) is 83.0 Å². The van der Waals surface area contributed by atoms with Gasteiger partial charge in [0.25, 0.3) is 0 Å². The molecule has 9 nitrogen and oxygen atoms in total. The number of hydrogen-bond donors (Lipinski definition) is 0. The number of aromatic nitrogens is 6. The van der Waals surface area contributed by atoms with E-state index in [2.05, 4.69) is 338 Å². The molecule has 0 aliphatic rings. The largest absolute Gasteiger partial charge is 0.310 e. The first kappa shape index (κ1) is 48.4. The molecule has 16 aromatic rings. The SMILES string of the molecule is c1ccc(N(c2ccccc2)c2ccc3c4ccccc4n(-c4nc(N(c5ccccc5)c5ccc6c(c5)c5ccccc5n6-c5ccccc5)nc(-n5c6ccccc6c6ccc(N(c7ccccc7)c7ccccc7)cc65)n4)c3c2)cc1. The van der Waals surface area contributed by atoms with E-state index < -0.39 is 0 Å². The Morgan fingerprint density at radius 1 is 0.202 bits per heavy atom. The molecule has 0 atom stereocenters. The zero-order chi connectivity index (χ0) is 55.5. The van der Waals surface area contributed by atoms with E-state index in [-0.39, 0.29) is 0 Å². The topological polar surface area (TPSA) is 63.2 Å². The molecule has 0 saturated heterocycles. The zero-order valence-corrected chi connectivity index (χ0v) is 45.5. The molecule has 0 saturated carbocycles. The molecule has 0 bridgehead atoms. The van der Waals surface area contributed by atoms with Crippen molar-refractivity contribution in [3.8, 4) is 17.6 Å². The van der Waals surface area contributed by atoms with Gasteiger partial charge in [-0.25, -0.2) is 0 Å². The molecule has 0 aliphatic heterocycles. The maximum atomic E-state index is 5.74. The molecule has 396 valence electrons. The van der Waals surface area contributed by atoms with Crippen molar-refractivity contribution in [2.45, 2.75) is 0 Å². The Morgan fingerprint density at radius 2 is 0.512 bits per heavy atom. The zero-order valence-electron chi connectivity index (χ0n) is 45.5. The van der Waals surface area contributed by atoms with Crippen LogP contribution in [0.15, 0.2) is 309 Å². The number of rotatable bonds is 12. The van der Waals surface area contributed by atoms with E-state index in [1.807, 2.05) is 0 Å². The second-order valence-electron chi connectivity index (χ2n) is 20.9. The van der Waals surface area contributed by atoms with Crippen LogP contribution < -0.4 is 14.7 Å². The van der Waals surface area contributed by atoms with Gasteiger partial charge in [0.2, 0.25) is 17.8 Å². The fraction of sp³-hybridized carbons (Fsp3) is 0. The Morgan fingerprint density at radius 3 is 0.940 bits per heavy atom. The minimum Gasteiger partial charge on any atom is -0.310 e. The van der Waals surface area contributed by atoms with Crippen molar-refractivity contribution in [3.63, 3.8) is 0 Å².